The molecule has 0 atom stereocenters. The number of nitro benzene ring substituents is 1. The Morgan fingerprint density at radius 1 is 1.29 bits per heavy atom. The summed E-state index contributed by atoms with van der Waals surface area (Å²) in [5.74, 6) is 0. The van der Waals surface area contributed by atoms with E-state index in [1.165, 1.54) is 6.07 Å². The van der Waals surface area contributed by atoms with E-state index in [4.69, 9.17) is 16.7 Å². The van der Waals surface area contributed by atoms with Crippen molar-refractivity contribution in [1.82, 2.24) is 0 Å². The number of aliphatic hydroxyl groups excluding tert-OH is 1. The van der Waals surface area contributed by atoms with Crippen LogP contribution < -0.4 is 4.90 Å². The summed E-state index contributed by atoms with van der Waals surface area (Å²) in [6.07, 6.45) is 0. The molecule has 0 saturated heterocycles. The number of nitro groups is 1. The predicted molar refractivity (Wildman–Crippen MR) is 82.6 cm³/mol. The largest absolute Gasteiger partial charge is 0.392 e. The van der Waals surface area contributed by atoms with Crippen molar-refractivity contribution in [1.29, 1.82) is 0 Å². The molecule has 2 aromatic rings. The van der Waals surface area contributed by atoms with E-state index in [9.17, 15) is 10.1 Å². The molecular weight excluding hydrogens is 292 g/mol. The van der Waals surface area contributed by atoms with Gasteiger partial charge < -0.3 is 10.0 Å². The molecule has 2 rings (SSSR count). The van der Waals surface area contributed by atoms with Crippen molar-refractivity contribution in [3.63, 3.8) is 0 Å². The summed E-state index contributed by atoms with van der Waals surface area (Å²) in [5.41, 5.74) is 1.85. The van der Waals surface area contributed by atoms with Crippen LogP contribution in [-0.2, 0) is 13.2 Å². The molecule has 0 aliphatic rings. The molecule has 0 aliphatic heterocycles. The third-order valence-electron chi connectivity index (χ3n) is 3.20. The molecule has 0 heterocycles. The van der Waals surface area contributed by atoms with E-state index in [-0.39, 0.29) is 12.3 Å². The second-order valence-electron chi connectivity index (χ2n) is 4.69. The van der Waals surface area contributed by atoms with Crippen LogP contribution in [0.15, 0.2) is 42.5 Å². The molecule has 0 amide bonds. The van der Waals surface area contributed by atoms with Gasteiger partial charge in [0.25, 0.3) is 5.69 Å². The van der Waals surface area contributed by atoms with Crippen LogP contribution in [-0.4, -0.2) is 17.1 Å². The Bertz CT molecular complexity index is 661. The second kappa shape index (κ2) is 6.56. The van der Waals surface area contributed by atoms with E-state index in [2.05, 4.69) is 0 Å². The standard InChI is InChI=1S/C15H15ClN2O3/c1-17(9-12-4-2-3-5-13(12)16)14-7-6-11(10-19)8-15(14)18(20)21/h2-8,19H,9-10H2,1H3. The second-order valence-corrected chi connectivity index (χ2v) is 5.09. The predicted octanol–water partition coefficient (Wildman–Crippen LogP) is 3.38. The van der Waals surface area contributed by atoms with Gasteiger partial charge in [-0.2, -0.15) is 0 Å². The zero-order valence-corrected chi connectivity index (χ0v) is 12.2. The van der Waals surface area contributed by atoms with Gasteiger partial charge >= 0.3 is 0 Å². The number of anilines is 1. The minimum Gasteiger partial charge on any atom is -0.392 e. The summed E-state index contributed by atoms with van der Waals surface area (Å²) < 4.78 is 0. The van der Waals surface area contributed by atoms with Crippen molar-refractivity contribution >= 4 is 23.0 Å². The van der Waals surface area contributed by atoms with E-state index < -0.39 is 4.92 Å². The third kappa shape index (κ3) is 3.51. The smallest absolute Gasteiger partial charge is 0.292 e. The lowest BCUT2D eigenvalue weighted by Gasteiger charge is -2.20. The first-order valence-corrected chi connectivity index (χ1v) is 6.73. The van der Waals surface area contributed by atoms with Crippen LogP contribution in [0.5, 0.6) is 0 Å². The summed E-state index contributed by atoms with van der Waals surface area (Å²) in [4.78, 5) is 12.5. The van der Waals surface area contributed by atoms with Gasteiger partial charge in [0.05, 0.1) is 11.5 Å². The van der Waals surface area contributed by atoms with Crippen molar-refractivity contribution in [3.05, 3.63) is 68.7 Å². The molecular formula is C15H15ClN2O3. The molecule has 5 nitrogen and oxygen atoms in total. The normalized spacial score (nSPS) is 10.4. The van der Waals surface area contributed by atoms with E-state index >= 15 is 0 Å². The van der Waals surface area contributed by atoms with E-state index in [0.29, 0.717) is 22.8 Å². The molecule has 0 bridgehead atoms. The number of rotatable bonds is 5. The van der Waals surface area contributed by atoms with Gasteiger partial charge in [0, 0.05) is 24.7 Å². The third-order valence-corrected chi connectivity index (χ3v) is 3.56. The highest BCUT2D eigenvalue weighted by Crippen LogP contribution is 2.30. The van der Waals surface area contributed by atoms with Crippen LogP contribution in [0.25, 0.3) is 0 Å². The van der Waals surface area contributed by atoms with Crippen molar-refractivity contribution in [2.45, 2.75) is 13.2 Å². The van der Waals surface area contributed by atoms with Crippen molar-refractivity contribution in [3.8, 4) is 0 Å². The van der Waals surface area contributed by atoms with E-state index in [1.807, 2.05) is 18.2 Å². The summed E-state index contributed by atoms with van der Waals surface area (Å²) in [7, 11) is 1.77. The fourth-order valence-corrected chi connectivity index (χ4v) is 2.30. The SMILES string of the molecule is CN(Cc1ccccc1Cl)c1ccc(CO)cc1[N+](=O)[O-]. The Morgan fingerprint density at radius 2 is 2.00 bits per heavy atom. The fourth-order valence-electron chi connectivity index (χ4n) is 2.10. The Hall–Kier alpha value is -2.11. The van der Waals surface area contributed by atoms with E-state index in [0.717, 1.165) is 5.56 Å². The fraction of sp³-hybridized carbons (Fsp3) is 0.200. The molecule has 0 saturated carbocycles. The molecule has 0 radical (unpaired) electrons. The minimum atomic E-state index is -0.447. The molecule has 1 N–H and O–H groups in total. The van der Waals surface area contributed by atoms with Gasteiger partial charge in [-0.15, -0.1) is 0 Å². The molecule has 21 heavy (non-hydrogen) atoms. The van der Waals surface area contributed by atoms with Crippen LogP contribution in [0, 0.1) is 10.1 Å². The van der Waals surface area contributed by atoms with Crippen molar-refractivity contribution in [2.75, 3.05) is 11.9 Å². The van der Waals surface area contributed by atoms with Crippen LogP contribution in [0.3, 0.4) is 0 Å². The summed E-state index contributed by atoms with van der Waals surface area (Å²) in [5, 5.41) is 20.9. The van der Waals surface area contributed by atoms with Gasteiger partial charge in [0.15, 0.2) is 0 Å². The van der Waals surface area contributed by atoms with Crippen LogP contribution in [0.4, 0.5) is 11.4 Å². The summed E-state index contributed by atoms with van der Waals surface area (Å²) in [6.45, 7) is 0.230. The topological polar surface area (TPSA) is 66.6 Å². The molecule has 2 aromatic carbocycles. The molecule has 6 heteroatoms. The van der Waals surface area contributed by atoms with E-state index in [1.54, 1.807) is 30.1 Å². The maximum atomic E-state index is 11.2. The average molecular weight is 307 g/mol. The van der Waals surface area contributed by atoms with Crippen LogP contribution in [0.1, 0.15) is 11.1 Å². The molecule has 0 fully saturated rings. The highest BCUT2D eigenvalue weighted by atomic mass is 35.5. The average Bonchev–Trinajstić information content (AvgIpc) is 2.48. The van der Waals surface area contributed by atoms with Gasteiger partial charge in [-0.05, 0) is 23.3 Å². The highest BCUT2D eigenvalue weighted by Gasteiger charge is 2.18. The van der Waals surface area contributed by atoms with Gasteiger partial charge in [0.1, 0.15) is 5.69 Å². The highest BCUT2D eigenvalue weighted by molar-refractivity contribution is 6.31. The van der Waals surface area contributed by atoms with Gasteiger partial charge in [0.2, 0.25) is 0 Å². The Morgan fingerprint density at radius 3 is 2.62 bits per heavy atom. The molecule has 0 unspecified atom stereocenters. The number of aliphatic hydroxyl groups is 1. The quantitative estimate of drug-likeness (QED) is 0.679. The molecule has 0 aromatic heterocycles. The first-order valence-electron chi connectivity index (χ1n) is 6.35. The molecule has 0 aliphatic carbocycles. The summed E-state index contributed by atoms with van der Waals surface area (Å²) in [6, 6.07) is 12.1. The van der Waals surface area contributed by atoms with Gasteiger partial charge in [-0.1, -0.05) is 35.9 Å². The zero-order chi connectivity index (χ0) is 15.4. The van der Waals surface area contributed by atoms with Crippen molar-refractivity contribution < 1.29 is 10.0 Å². The number of benzene rings is 2. The Labute approximate surface area is 127 Å². The van der Waals surface area contributed by atoms with Crippen molar-refractivity contribution in [2.24, 2.45) is 0 Å². The Balaban J connectivity index is 2.33. The minimum absolute atomic E-state index is 0.0314. The summed E-state index contributed by atoms with van der Waals surface area (Å²) >= 11 is 6.11. The van der Waals surface area contributed by atoms with Gasteiger partial charge in [-0.3, -0.25) is 10.1 Å². The zero-order valence-electron chi connectivity index (χ0n) is 11.5. The maximum absolute atomic E-state index is 11.2. The number of hydrogen-bond donors (Lipinski definition) is 1. The lowest BCUT2D eigenvalue weighted by Crippen LogP contribution is -2.18. The Kier molecular flexibility index (Phi) is 4.77. The first kappa shape index (κ1) is 15.3. The number of halogens is 1. The molecule has 0 spiro atoms. The lowest BCUT2D eigenvalue weighted by molar-refractivity contribution is -0.384. The molecule has 110 valence electrons. The lowest BCUT2D eigenvalue weighted by atomic mass is 10.1. The van der Waals surface area contributed by atoms with Gasteiger partial charge in [-0.25, -0.2) is 0 Å². The monoisotopic (exact) mass is 306 g/mol. The first-order chi connectivity index (χ1) is 10.0. The number of nitrogens with zero attached hydrogens (tertiary/aromatic N) is 2. The maximum Gasteiger partial charge on any atom is 0.292 e. The number of hydrogen-bond acceptors (Lipinski definition) is 4. The van der Waals surface area contributed by atoms with Crippen LogP contribution >= 0.6 is 11.6 Å². The van der Waals surface area contributed by atoms with Crippen LogP contribution in [0.2, 0.25) is 5.02 Å².